The smallest absolute Gasteiger partial charge is 0.143 e. The minimum absolute atomic E-state index is 0.748. The molecule has 0 heterocycles. The zero-order chi connectivity index (χ0) is 12.4. The number of hydrogen-bond acceptors (Lipinski definition) is 1. The van der Waals surface area contributed by atoms with E-state index in [9.17, 15) is 0 Å². The predicted octanol–water partition coefficient (Wildman–Crippen LogP) is 6.53. The maximum atomic E-state index is 5.85. The minimum atomic E-state index is 0.748. The highest BCUT2D eigenvalue weighted by molar-refractivity contribution is 9.13. The summed E-state index contributed by atoms with van der Waals surface area (Å²) in [6, 6.07) is 11.6. The summed E-state index contributed by atoms with van der Waals surface area (Å²) in [6.45, 7) is 0. The lowest BCUT2D eigenvalue weighted by Crippen LogP contribution is -1.87. The first-order chi connectivity index (χ1) is 8.08. The second-order valence-electron chi connectivity index (χ2n) is 3.23. The molecule has 0 amide bonds. The average molecular weight is 486 g/mol. The fourth-order valence-electron chi connectivity index (χ4n) is 1.25. The van der Waals surface area contributed by atoms with E-state index in [0.29, 0.717) is 0 Å². The summed E-state index contributed by atoms with van der Waals surface area (Å²) < 4.78 is 9.55. The topological polar surface area (TPSA) is 9.23 Å². The molecule has 0 unspecified atom stereocenters. The second-order valence-corrected chi connectivity index (χ2v) is 6.65. The van der Waals surface area contributed by atoms with Crippen molar-refractivity contribution in [1.29, 1.82) is 0 Å². The van der Waals surface area contributed by atoms with Crippen LogP contribution in [0.1, 0.15) is 0 Å². The number of rotatable bonds is 2. The van der Waals surface area contributed by atoms with Crippen LogP contribution < -0.4 is 4.74 Å². The number of ether oxygens (including phenoxy) is 1. The Morgan fingerprint density at radius 1 is 0.765 bits per heavy atom. The molecule has 0 saturated carbocycles. The van der Waals surface area contributed by atoms with E-state index >= 15 is 0 Å². The first-order valence-corrected chi connectivity index (χ1v) is 7.82. The van der Waals surface area contributed by atoms with Crippen molar-refractivity contribution in [2.75, 3.05) is 0 Å². The van der Waals surface area contributed by atoms with Crippen LogP contribution in [0.4, 0.5) is 0 Å². The molecule has 88 valence electrons. The van der Waals surface area contributed by atoms with E-state index in [-0.39, 0.29) is 0 Å². The first-order valence-electron chi connectivity index (χ1n) is 4.65. The van der Waals surface area contributed by atoms with Crippen molar-refractivity contribution in [1.82, 2.24) is 0 Å². The van der Waals surface area contributed by atoms with Crippen LogP contribution in [0.15, 0.2) is 54.3 Å². The molecule has 2 aromatic carbocycles. The lowest BCUT2D eigenvalue weighted by molar-refractivity contribution is 0.476. The highest BCUT2D eigenvalue weighted by Gasteiger charge is 2.09. The molecule has 0 spiro atoms. The minimum Gasteiger partial charge on any atom is -0.455 e. The molecule has 2 rings (SSSR count). The Bertz CT molecular complexity index is 554. The third kappa shape index (κ3) is 3.34. The largest absolute Gasteiger partial charge is 0.455 e. The summed E-state index contributed by atoms with van der Waals surface area (Å²) >= 11 is 13.8. The van der Waals surface area contributed by atoms with Crippen molar-refractivity contribution in [3.8, 4) is 11.5 Å². The lowest BCUT2D eigenvalue weighted by Gasteiger charge is -2.10. The van der Waals surface area contributed by atoms with Gasteiger partial charge in [0.25, 0.3) is 0 Å². The van der Waals surface area contributed by atoms with Crippen molar-refractivity contribution < 1.29 is 4.74 Å². The zero-order valence-electron chi connectivity index (χ0n) is 8.38. The number of halogens is 4. The standard InChI is InChI=1S/C12H6Br4O/c13-7-5-9(15)12(16)11(6-7)17-10-4-2-1-3-8(10)14/h1-6H. The number of hydrogen-bond donors (Lipinski definition) is 0. The van der Waals surface area contributed by atoms with E-state index in [1.807, 2.05) is 36.4 Å². The van der Waals surface area contributed by atoms with Gasteiger partial charge in [-0.3, -0.25) is 0 Å². The van der Waals surface area contributed by atoms with Crippen LogP contribution in [0, 0.1) is 0 Å². The summed E-state index contributed by atoms with van der Waals surface area (Å²) in [5, 5.41) is 0. The van der Waals surface area contributed by atoms with Crippen LogP contribution in [0.5, 0.6) is 11.5 Å². The monoisotopic (exact) mass is 482 g/mol. The van der Waals surface area contributed by atoms with Crippen LogP contribution in [0.3, 0.4) is 0 Å². The molecule has 5 heteroatoms. The maximum absolute atomic E-state index is 5.85. The van der Waals surface area contributed by atoms with Gasteiger partial charge in [-0.2, -0.15) is 0 Å². The summed E-state index contributed by atoms with van der Waals surface area (Å²) in [7, 11) is 0. The van der Waals surface area contributed by atoms with Gasteiger partial charge in [-0.1, -0.05) is 28.1 Å². The molecule has 0 aliphatic heterocycles. The summed E-state index contributed by atoms with van der Waals surface area (Å²) in [6.07, 6.45) is 0. The maximum Gasteiger partial charge on any atom is 0.143 e. The molecule has 0 N–H and O–H groups in total. The Morgan fingerprint density at radius 2 is 1.47 bits per heavy atom. The van der Waals surface area contributed by atoms with Crippen LogP contribution in [0.25, 0.3) is 0 Å². The van der Waals surface area contributed by atoms with Crippen LogP contribution >= 0.6 is 63.7 Å². The quantitative estimate of drug-likeness (QED) is 0.440. The van der Waals surface area contributed by atoms with Gasteiger partial charge >= 0.3 is 0 Å². The van der Waals surface area contributed by atoms with E-state index in [1.54, 1.807) is 0 Å². The van der Waals surface area contributed by atoms with Gasteiger partial charge in [-0.05, 0) is 72.1 Å². The Kier molecular flexibility index (Phi) is 4.69. The van der Waals surface area contributed by atoms with E-state index in [0.717, 1.165) is 29.4 Å². The average Bonchev–Trinajstić information content (AvgIpc) is 2.28. The fourth-order valence-corrected chi connectivity index (χ4v) is 3.11. The molecule has 0 aliphatic rings. The zero-order valence-corrected chi connectivity index (χ0v) is 14.7. The summed E-state index contributed by atoms with van der Waals surface area (Å²) in [4.78, 5) is 0. The van der Waals surface area contributed by atoms with Gasteiger partial charge in [0.05, 0.1) is 8.95 Å². The Morgan fingerprint density at radius 3 is 2.18 bits per heavy atom. The molecular formula is C12H6Br4O. The molecule has 17 heavy (non-hydrogen) atoms. The molecule has 0 aliphatic carbocycles. The van der Waals surface area contributed by atoms with Gasteiger partial charge in [-0.25, -0.2) is 0 Å². The molecule has 0 atom stereocenters. The molecule has 0 radical (unpaired) electrons. The van der Waals surface area contributed by atoms with Crippen LogP contribution in [-0.4, -0.2) is 0 Å². The third-order valence-electron chi connectivity index (χ3n) is 2.02. The van der Waals surface area contributed by atoms with Crippen molar-refractivity contribution in [2.24, 2.45) is 0 Å². The van der Waals surface area contributed by atoms with E-state index < -0.39 is 0 Å². The SMILES string of the molecule is Brc1cc(Br)c(Br)c(Oc2ccccc2Br)c1. The van der Waals surface area contributed by atoms with Gasteiger partial charge in [-0.15, -0.1) is 0 Å². The van der Waals surface area contributed by atoms with Gasteiger partial charge < -0.3 is 4.74 Å². The van der Waals surface area contributed by atoms with Crippen molar-refractivity contribution in [2.45, 2.75) is 0 Å². The Labute approximate surface area is 133 Å². The lowest BCUT2D eigenvalue weighted by atomic mass is 10.3. The van der Waals surface area contributed by atoms with Gasteiger partial charge in [0.2, 0.25) is 0 Å². The molecule has 2 aromatic rings. The van der Waals surface area contributed by atoms with Crippen molar-refractivity contribution in [3.05, 3.63) is 54.3 Å². The first kappa shape index (κ1) is 13.6. The van der Waals surface area contributed by atoms with Crippen molar-refractivity contribution >= 4 is 63.7 Å². The van der Waals surface area contributed by atoms with Crippen LogP contribution in [-0.2, 0) is 0 Å². The van der Waals surface area contributed by atoms with E-state index in [1.165, 1.54) is 0 Å². The van der Waals surface area contributed by atoms with Gasteiger partial charge in [0, 0.05) is 8.95 Å². The Hall–Kier alpha value is 0.160. The highest BCUT2D eigenvalue weighted by Crippen LogP contribution is 2.39. The molecule has 0 bridgehead atoms. The predicted molar refractivity (Wildman–Crippen MR) is 83.8 cm³/mol. The summed E-state index contributed by atoms with van der Waals surface area (Å²) in [5.41, 5.74) is 0. The second kappa shape index (κ2) is 5.87. The van der Waals surface area contributed by atoms with Gasteiger partial charge in [0.1, 0.15) is 11.5 Å². The Balaban J connectivity index is 2.40. The van der Waals surface area contributed by atoms with E-state index in [2.05, 4.69) is 63.7 Å². The molecule has 1 nitrogen and oxygen atoms in total. The molecular weight excluding hydrogens is 480 g/mol. The number of para-hydroxylation sites is 1. The molecule has 0 saturated heterocycles. The van der Waals surface area contributed by atoms with Crippen molar-refractivity contribution in [3.63, 3.8) is 0 Å². The number of benzene rings is 2. The third-order valence-corrected chi connectivity index (χ3v) is 5.10. The van der Waals surface area contributed by atoms with Gasteiger partial charge in [0.15, 0.2) is 0 Å². The van der Waals surface area contributed by atoms with Crippen LogP contribution in [0.2, 0.25) is 0 Å². The highest BCUT2D eigenvalue weighted by atomic mass is 79.9. The summed E-state index contributed by atoms with van der Waals surface area (Å²) in [5.74, 6) is 1.52. The molecule has 0 fully saturated rings. The fraction of sp³-hybridized carbons (Fsp3) is 0. The van der Waals surface area contributed by atoms with E-state index in [4.69, 9.17) is 4.74 Å². The molecule has 0 aromatic heterocycles. The normalized spacial score (nSPS) is 10.4.